The number of aryl methyl sites for hydroxylation is 1. The molecule has 0 radical (unpaired) electrons. The maximum atomic E-state index is 4.47. The Kier molecular flexibility index (Phi) is 2.62. The first-order valence-corrected chi connectivity index (χ1v) is 7.16. The van der Waals surface area contributed by atoms with E-state index in [1.54, 1.807) is 0 Å². The van der Waals surface area contributed by atoms with Gasteiger partial charge in [-0.1, -0.05) is 24.3 Å². The summed E-state index contributed by atoms with van der Waals surface area (Å²) >= 11 is 0. The molecule has 4 heteroatoms. The Hall–Kier alpha value is -1.68. The van der Waals surface area contributed by atoms with Crippen molar-refractivity contribution in [1.29, 1.82) is 0 Å². The number of rotatable bonds is 1. The molecule has 2 aliphatic rings. The van der Waals surface area contributed by atoms with Crippen LogP contribution in [-0.2, 0) is 19.4 Å². The molecule has 1 N–H and O–H groups in total. The maximum Gasteiger partial charge on any atom is 0.154 e. The minimum Gasteiger partial charge on any atom is -0.313 e. The maximum absolute atomic E-state index is 4.47. The fourth-order valence-corrected chi connectivity index (χ4v) is 3.28. The molecule has 0 bridgehead atoms. The molecule has 0 saturated carbocycles. The largest absolute Gasteiger partial charge is 0.313 e. The summed E-state index contributed by atoms with van der Waals surface area (Å²) in [5, 5.41) is 12.5. The number of benzene rings is 1. The van der Waals surface area contributed by atoms with E-state index < -0.39 is 0 Å². The lowest BCUT2D eigenvalue weighted by molar-refractivity contribution is 0.468. The Labute approximate surface area is 112 Å². The molecular weight excluding hydrogens is 236 g/mol. The van der Waals surface area contributed by atoms with E-state index in [1.165, 1.54) is 24.0 Å². The van der Waals surface area contributed by atoms with Gasteiger partial charge in [-0.2, -0.15) is 0 Å². The quantitative estimate of drug-likeness (QED) is 0.844. The Morgan fingerprint density at radius 1 is 1.11 bits per heavy atom. The molecule has 4 nitrogen and oxygen atoms in total. The SMILES string of the molecule is c1ccc2c(c1)CCNC2c1nnc2n1CCCC2. The van der Waals surface area contributed by atoms with Gasteiger partial charge in [0.15, 0.2) is 5.82 Å². The second-order valence-electron chi connectivity index (χ2n) is 5.42. The van der Waals surface area contributed by atoms with Gasteiger partial charge in [-0.25, -0.2) is 0 Å². The Balaban J connectivity index is 1.79. The molecule has 1 unspecified atom stereocenters. The molecule has 0 aliphatic carbocycles. The average molecular weight is 254 g/mol. The molecule has 1 aromatic carbocycles. The zero-order valence-electron chi connectivity index (χ0n) is 11.0. The topological polar surface area (TPSA) is 42.7 Å². The summed E-state index contributed by atoms with van der Waals surface area (Å²) in [5.74, 6) is 2.26. The molecule has 0 spiro atoms. The van der Waals surface area contributed by atoms with Gasteiger partial charge in [0.05, 0.1) is 6.04 Å². The molecule has 1 aromatic heterocycles. The molecule has 0 fully saturated rings. The smallest absolute Gasteiger partial charge is 0.154 e. The number of nitrogens with one attached hydrogen (secondary N) is 1. The molecular formula is C15H18N4. The van der Waals surface area contributed by atoms with Crippen LogP contribution in [0.3, 0.4) is 0 Å². The minimum atomic E-state index is 0.212. The summed E-state index contributed by atoms with van der Waals surface area (Å²) in [6.07, 6.45) is 4.66. The van der Waals surface area contributed by atoms with Crippen LogP contribution in [0.5, 0.6) is 0 Å². The highest BCUT2D eigenvalue weighted by Crippen LogP contribution is 2.29. The molecule has 98 valence electrons. The summed E-state index contributed by atoms with van der Waals surface area (Å²) in [6.45, 7) is 2.09. The standard InChI is InChI=1S/C15H18N4/c1-2-6-12-11(5-1)8-9-16-14(12)15-18-17-13-7-3-4-10-19(13)15/h1-2,5-6,14,16H,3-4,7-10H2. The van der Waals surface area contributed by atoms with Crippen molar-refractivity contribution in [3.8, 4) is 0 Å². The lowest BCUT2D eigenvalue weighted by Gasteiger charge is -2.27. The van der Waals surface area contributed by atoms with Crippen molar-refractivity contribution in [3.05, 3.63) is 47.0 Å². The van der Waals surface area contributed by atoms with Crippen molar-refractivity contribution in [2.24, 2.45) is 0 Å². The van der Waals surface area contributed by atoms with Gasteiger partial charge in [0.2, 0.25) is 0 Å². The van der Waals surface area contributed by atoms with Crippen molar-refractivity contribution in [2.75, 3.05) is 6.54 Å². The zero-order valence-corrected chi connectivity index (χ0v) is 11.0. The fourth-order valence-electron chi connectivity index (χ4n) is 3.28. The van der Waals surface area contributed by atoms with E-state index >= 15 is 0 Å². The normalized spacial score (nSPS) is 21.8. The second kappa shape index (κ2) is 4.46. The third-order valence-corrected chi connectivity index (χ3v) is 4.26. The first-order valence-electron chi connectivity index (χ1n) is 7.16. The van der Waals surface area contributed by atoms with E-state index in [0.717, 1.165) is 37.6 Å². The Morgan fingerprint density at radius 2 is 2.05 bits per heavy atom. The van der Waals surface area contributed by atoms with E-state index in [9.17, 15) is 0 Å². The van der Waals surface area contributed by atoms with Crippen LogP contribution in [0, 0.1) is 0 Å². The van der Waals surface area contributed by atoms with Crippen molar-refractivity contribution in [3.63, 3.8) is 0 Å². The summed E-state index contributed by atoms with van der Waals surface area (Å²) < 4.78 is 2.32. The highest BCUT2D eigenvalue weighted by molar-refractivity contribution is 5.36. The van der Waals surface area contributed by atoms with Gasteiger partial charge in [-0.05, 0) is 30.4 Å². The predicted molar refractivity (Wildman–Crippen MR) is 73.0 cm³/mol. The first kappa shape index (κ1) is 11.2. The average Bonchev–Trinajstić information content (AvgIpc) is 2.90. The van der Waals surface area contributed by atoms with Gasteiger partial charge in [-0.15, -0.1) is 10.2 Å². The minimum absolute atomic E-state index is 0.212. The molecule has 19 heavy (non-hydrogen) atoms. The molecule has 3 heterocycles. The highest BCUT2D eigenvalue weighted by Gasteiger charge is 2.27. The number of fused-ring (bicyclic) bond motifs is 2. The summed E-state index contributed by atoms with van der Waals surface area (Å²) in [5.41, 5.74) is 2.81. The van der Waals surface area contributed by atoms with Gasteiger partial charge in [-0.3, -0.25) is 0 Å². The van der Waals surface area contributed by atoms with Crippen LogP contribution >= 0.6 is 0 Å². The lowest BCUT2D eigenvalue weighted by atomic mass is 9.94. The summed E-state index contributed by atoms with van der Waals surface area (Å²) in [6, 6.07) is 8.91. The van der Waals surface area contributed by atoms with Crippen LogP contribution in [0.2, 0.25) is 0 Å². The monoisotopic (exact) mass is 254 g/mol. The van der Waals surface area contributed by atoms with Crippen molar-refractivity contribution < 1.29 is 0 Å². The van der Waals surface area contributed by atoms with Crippen LogP contribution in [0.4, 0.5) is 0 Å². The van der Waals surface area contributed by atoms with Crippen LogP contribution in [0.15, 0.2) is 24.3 Å². The molecule has 0 saturated heterocycles. The lowest BCUT2D eigenvalue weighted by Crippen LogP contribution is -2.33. The van der Waals surface area contributed by atoms with Gasteiger partial charge in [0.1, 0.15) is 5.82 Å². The van der Waals surface area contributed by atoms with Gasteiger partial charge < -0.3 is 9.88 Å². The van der Waals surface area contributed by atoms with Gasteiger partial charge in [0, 0.05) is 19.5 Å². The molecule has 4 rings (SSSR count). The summed E-state index contributed by atoms with van der Waals surface area (Å²) in [4.78, 5) is 0. The van der Waals surface area contributed by atoms with Crippen LogP contribution in [0.25, 0.3) is 0 Å². The van der Waals surface area contributed by atoms with Crippen LogP contribution in [-0.4, -0.2) is 21.3 Å². The number of hydrogen-bond acceptors (Lipinski definition) is 3. The van der Waals surface area contributed by atoms with E-state index in [1.807, 2.05) is 0 Å². The van der Waals surface area contributed by atoms with Crippen molar-refractivity contribution in [1.82, 2.24) is 20.1 Å². The second-order valence-corrected chi connectivity index (χ2v) is 5.42. The van der Waals surface area contributed by atoms with E-state index in [0.29, 0.717) is 0 Å². The molecule has 0 amide bonds. The fraction of sp³-hybridized carbons (Fsp3) is 0.467. The highest BCUT2D eigenvalue weighted by atomic mass is 15.3. The Bertz CT molecular complexity index is 602. The third kappa shape index (κ3) is 1.78. The van der Waals surface area contributed by atoms with Crippen molar-refractivity contribution >= 4 is 0 Å². The number of aromatic nitrogens is 3. The third-order valence-electron chi connectivity index (χ3n) is 4.26. The van der Waals surface area contributed by atoms with E-state index in [2.05, 4.69) is 44.3 Å². The summed E-state index contributed by atoms with van der Waals surface area (Å²) in [7, 11) is 0. The first-order chi connectivity index (χ1) is 9.43. The van der Waals surface area contributed by atoms with Gasteiger partial charge >= 0.3 is 0 Å². The Morgan fingerprint density at radius 3 is 3.05 bits per heavy atom. The van der Waals surface area contributed by atoms with E-state index in [-0.39, 0.29) is 6.04 Å². The molecule has 2 aliphatic heterocycles. The number of hydrogen-bond donors (Lipinski definition) is 1. The zero-order chi connectivity index (χ0) is 12.7. The van der Waals surface area contributed by atoms with E-state index in [4.69, 9.17) is 0 Å². The van der Waals surface area contributed by atoms with Crippen LogP contribution < -0.4 is 5.32 Å². The molecule has 1 atom stereocenters. The van der Waals surface area contributed by atoms with Crippen molar-refractivity contribution in [2.45, 2.75) is 38.3 Å². The number of nitrogens with zero attached hydrogens (tertiary/aromatic N) is 3. The molecule has 2 aromatic rings. The van der Waals surface area contributed by atoms with Crippen LogP contribution in [0.1, 0.15) is 41.7 Å². The predicted octanol–water partition coefficient (Wildman–Crippen LogP) is 1.85. The van der Waals surface area contributed by atoms with Gasteiger partial charge in [0.25, 0.3) is 0 Å².